The Balaban J connectivity index is 2.80. The van der Waals surface area contributed by atoms with Gasteiger partial charge in [0.1, 0.15) is 0 Å². The van der Waals surface area contributed by atoms with Gasteiger partial charge < -0.3 is 0 Å². The van der Waals surface area contributed by atoms with Crippen LogP contribution in [-0.4, -0.2) is 15.2 Å². The fraction of sp³-hybridized carbons (Fsp3) is 0.143. The number of H-pyrrole nitrogens is 1. The van der Waals surface area contributed by atoms with Crippen molar-refractivity contribution in [3.63, 3.8) is 0 Å². The fourth-order valence-electron chi connectivity index (χ4n) is 1.14. The third-order valence-electron chi connectivity index (χ3n) is 1.69. The highest BCUT2D eigenvalue weighted by atomic mass is 79.9. The van der Waals surface area contributed by atoms with E-state index < -0.39 is 11.9 Å². The largest absolute Gasteiger partial charge is 0.435 e. The van der Waals surface area contributed by atoms with Gasteiger partial charge in [-0.15, -0.1) is 0 Å². The minimum absolute atomic E-state index is 0.00694. The Morgan fingerprint density at radius 1 is 1.29 bits per heavy atom. The second-order valence-corrected chi connectivity index (χ2v) is 3.47. The first-order valence-corrected chi connectivity index (χ1v) is 4.34. The zero-order valence-electron chi connectivity index (χ0n) is 6.56. The van der Waals surface area contributed by atoms with Gasteiger partial charge in [-0.3, -0.25) is 10.1 Å². The first-order chi connectivity index (χ1) is 6.50. The van der Waals surface area contributed by atoms with Crippen LogP contribution in [0.1, 0.15) is 5.69 Å². The van der Waals surface area contributed by atoms with E-state index in [4.69, 9.17) is 0 Å². The molecule has 2 rings (SSSR count). The normalized spacial score (nSPS) is 12.3. The molecule has 0 aliphatic heterocycles. The lowest BCUT2D eigenvalue weighted by Crippen LogP contribution is -2.06. The van der Waals surface area contributed by atoms with E-state index >= 15 is 0 Å². The molecule has 0 aliphatic rings. The van der Waals surface area contributed by atoms with Crippen molar-refractivity contribution >= 4 is 26.8 Å². The predicted molar refractivity (Wildman–Crippen MR) is 46.6 cm³/mol. The molecule has 2 heterocycles. The molecule has 0 atom stereocenters. The lowest BCUT2D eigenvalue weighted by Gasteiger charge is -2.02. The van der Waals surface area contributed by atoms with Crippen molar-refractivity contribution in [2.24, 2.45) is 0 Å². The van der Waals surface area contributed by atoms with Crippen LogP contribution in [0, 0.1) is 0 Å². The number of aromatic nitrogens is 3. The molecule has 74 valence electrons. The standard InChI is InChI=1S/C7H3BrF3N3/c8-3-1-12-2-4-5(3)6(14-13-4)7(9,10)11/h1-2H,(H,13,14). The smallest absolute Gasteiger partial charge is 0.276 e. The number of nitrogens with one attached hydrogen (secondary N) is 1. The SMILES string of the molecule is FC(F)(F)c1n[nH]c2cncc(Br)c12. The van der Waals surface area contributed by atoms with Crippen LogP contribution in [0.5, 0.6) is 0 Å². The Morgan fingerprint density at radius 2 is 2.00 bits per heavy atom. The van der Waals surface area contributed by atoms with Crippen molar-refractivity contribution < 1.29 is 13.2 Å². The molecule has 0 aliphatic carbocycles. The molecular formula is C7H3BrF3N3. The maximum Gasteiger partial charge on any atom is 0.435 e. The van der Waals surface area contributed by atoms with Crippen molar-refractivity contribution in [1.82, 2.24) is 15.2 Å². The van der Waals surface area contributed by atoms with Crippen LogP contribution in [0.25, 0.3) is 10.9 Å². The molecule has 0 fully saturated rings. The Labute approximate surface area is 84.5 Å². The van der Waals surface area contributed by atoms with Crippen LogP contribution >= 0.6 is 15.9 Å². The average Bonchev–Trinajstić information content (AvgIpc) is 2.47. The molecule has 2 aromatic heterocycles. The highest BCUT2D eigenvalue weighted by Crippen LogP contribution is 2.35. The quantitative estimate of drug-likeness (QED) is 0.796. The van der Waals surface area contributed by atoms with E-state index in [1.54, 1.807) is 0 Å². The Hall–Kier alpha value is -1.11. The summed E-state index contributed by atoms with van der Waals surface area (Å²) >= 11 is 3.00. The molecule has 0 saturated heterocycles. The maximum absolute atomic E-state index is 12.4. The summed E-state index contributed by atoms with van der Waals surface area (Å²) in [4.78, 5) is 3.72. The highest BCUT2D eigenvalue weighted by Gasteiger charge is 2.36. The predicted octanol–water partition coefficient (Wildman–Crippen LogP) is 2.74. The van der Waals surface area contributed by atoms with Gasteiger partial charge in [0.05, 0.1) is 11.7 Å². The van der Waals surface area contributed by atoms with E-state index in [0.717, 1.165) is 0 Å². The molecule has 1 N–H and O–H groups in total. The Morgan fingerprint density at radius 3 is 2.64 bits per heavy atom. The summed E-state index contributed by atoms with van der Waals surface area (Å²) in [6.45, 7) is 0. The van der Waals surface area contributed by atoms with Gasteiger partial charge in [0.25, 0.3) is 0 Å². The van der Waals surface area contributed by atoms with Gasteiger partial charge in [-0.2, -0.15) is 18.3 Å². The number of halogens is 4. The molecule has 0 unspecified atom stereocenters. The lowest BCUT2D eigenvalue weighted by atomic mass is 10.2. The van der Waals surface area contributed by atoms with Crippen molar-refractivity contribution in [1.29, 1.82) is 0 Å². The van der Waals surface area contributed by atoms with E-state index in [2.05, 4.69) is 31.1 Å². The fourth-order valence-corrected chi connectivity index (χ4v) is 1.66. The summed E-state index contributed by atoms with van der Waals surface area (Å²) in [6, 6.07) is 0. The number of nitrogens with zero attached hydrogens (tertiary/aromatic N) is 2. The second kappa shape index (κ2) is 2.94. The molecule has 0 spiro atoms. The van der Waals surface area contributed by atoms with Crippen molar-refractivity contribution in [3.8, 4) is 0 Å². The summed E-state index contributed by atoms with van der Waals surface area (Å²) in [6.07, 6.45) is -1.86. The van der Waals surface area contributed by atoms with Crippen LogP contribution in [0.3, 0.4) is 0 Å². The number of pyridine rings is 1. The Bertz CT molecular complexity index is 476. The maximum atomic E-state index is 12.4. The first kappa shape index (κ1) is 9.45. The Kier molecular flexibility index (Phi) is 1.99. The zero-order chi connectivity index (χ0) is 10.3. The second-order valence-electron chi connectivity index (χ2n) is 2.61. The van der Waals surface area contributed by atoms with Gasteiger partial charge in [0.15, 0.2) is 5.69 Å². The average molecular weight is 266 g/mol. The van der Waals surface area contributed by atoms with Crippen LogP contribution in [0.15, 0.2) is 16.9 Å². The molecule has 14 heavy (non-hydrogen) atoms. The van der Waals surface area contributed by atoms with Gasteiger partial charge in [0, 0.05) is 16.1 Å². The van der Waals surface area contributed by atoms with E-state index in [0.29, 0.717) is 0 Å². The molecule has 0 radical (unpaired) electrons. The lowest BCUT2D eigenvalue weighted by molar-refractivity contribution is -0.139. The highest BCUT2D eigenvalue weighted by molar-refractivity contribution is 9.10. The number of hydrogen-bond acceptors (Lipinski definition) is 2. The molecule has 0 saturated carbocycles. The number of fused-ring (bicyclic) bond motifs is 1. The van der Waals surface area contributed by atoms with Gasteiger partial charge in [-0.1, -0.05) is 0 Å². The minimum atomic E-state index is -4.46. The van der Waals surface area contributed by atoms with Crippen LogP contribution < -0.4 is 0 Å². The van der Waals surface area contributed by atoms with E-state index in [-0.39, 0.29) is 15.4 Å². The van der Waals surface area contributed by atoms with Crippen molar-refractivity contribution in [2.45, 2.75) is 6.18 Å². The first-order valence-electron chi connectivity index (χ1n) is 3.55. The monoisotopic (exact) mass is 265 g/mol. The van der Waals surface area contributed by atoms with Crippen LogP contribution in [0.4, 0.5) is 13.2 Å². The molecular weight excluding hydrogens is 263 g/mol. The summed E-state index contributed by atoms with van der Waals surface area (Å²) < 4.78 is 37.5. The molecule has 7 heteroatoms. The minimum Gasteiger partial charge on any atom is -0.276 e. The summed E-state index contributed by atoms with van der Waals surface area (Å²) in [5, 5.41) is 5.49. The summed E-state index contributed by atoms with van der Waals surface area (Å²) in [7, 11) is 0. The van der Waals surface area contributed by atoms with Gasteiger partial charge >= 0.3 is 6.18 Å². The van der Waals surface area contributed by atoms with Crippen molar-refractivity contribution in [2.75, 3.05) is 0 Å². The molecule has 0 amide bonds. The van der Waals surface area contributed by atoms with Gasteiger partial charge in [-0.25, -0.2) is 0 Å². The number of rotatable bonds is 0. The molecule has 0 bridgehead atoms. The topological polar surface area (TPSA) is 41.6 Å². The molecule has 3 nitrogen and oxygen atoms in total. The third-order valence-corrected chi connectivity index (χ3v) is 2.29. The summed E-state index contributed by atoms with van der Waals surface area (Å²) in [5.74, 6) is 0. The zero-order valence-corrected chi connectivity index (χ0v) is 8.15. The van der Waals surface area contributed by atoms with Gasteiger partial charge in [0.2, 0.25) is 0 Å². The molecule has 2 aromatic rings. The van der Waals surface area contributed by atoms with E-state index in [1.807, 2.05) is 0 Å². The molecule has 0 aromatic carbocycles. The third kappa shape index (κ3) is 1.37. The van der Waals surface area contributed by atoms with E-state index in [9.17, 15) is 13.2 Å². The number of hydrogen-bond donors (Lipinski definition) is 1. The van der Waals surface area contributed by atoms with Gasteiger partial charge in [-0.05, 0) is 15.9 Å². The number of alkyl halides is 3. The summed E-state index contributed by atoms with van der Waals surface area (Å²) in [5.41, 5.74) is -0.673. The van der Waals surface area contributed by atoms with Crippen LogP contribution in [0.2, 0.25) is 0 Å². The number of aromatic amines is 1. The van der Waals surface area contributed by atoms with E-state index in [1.165, 1.54) is 12.4 Å². The van der Waals surface area contributed by atoms with Crippen molar-refractivity contribution in [3.05, 3.63) is 22.6 Å². The van der Waals surface area contributed by atoms with Crippen LogP contribution in [-0.2, 0) is 6.18 Å².